The molecule has 0 atom stereocenters. The molecule has 2 aromatic heterocycles. The van der Waals surface area contributed by atoms with Crippen molar-refractivity contribution in [3.05, 3.63) is 42.2 Å². The Labute approximate surface area is 89.3 Å². The minimum Gasteiger partial charge on any atom is -0.343 e. The predicted octanol–water partition coefficient (Wildman–Crippen LogP) is 1.21. The highest BCUT2D eigenvalue weighted by molar-refractivity contribution is 5.08. The average molecular weight is 204 g/mol. The molecule has 0 aliphatic rings. The van der Waals surface area contributed by atoms with Crippen LogP contribution < -0.4 is 5.73 Å². The summed E-state index contributed by atoms with van der Waals surface area (Å²) in [5.74, 6) is 1.07. The first kappa shape index (κ1) is 9.98. The van der Waals surface area contributed by atoms with Crippen LogP contribution in [0.2, 0.25) is 0 Å². The second kappa shape index (κ2) is 4.31. The lowest BCUT2D eigenvalue weighted by Gasteiger charge is -2.08. The van der Waals surface area contributed by atoms with Gasteiger partial charge in [0.15, 0.2) is 0 Å². The molecule has 0 aliphatic carbocycles. The van der Waals surface area contributed by atoms with Crippen molar-refractivity contribution in [1.82, 2.24) is 14.1 Å². The molecule has 0 aromatic carbocycles. The van der Waals surface area contributed by atoms with E-state index in [1.165, 1.54) is 0 Å². The van der Waals surface area contributed by atoms with Gasteiger partial charge in [0.1, 0.15) is 5.82 Å². The summed E-state index contributed by atoms with van der Waals surface area (Å²) >= 11 is 0. The highest BCUT2D eigenvalue weighted by Gasteiger charge is 2.04. The van der Waals surface area contributed by atoms with Crippen molar-refractivity contribution < 1.29 is 0 Å². The maximum atomic E-state index is 5.65. The average Bonchev–Trinajstić information content (AvgIpc) is 2.87. The van der Waals surface area contributed by atoms with E-state index in [4.69, 9.17) is 5.73 Å². The zero-order chi connectivity index (χ0) is 10.7. The molecule has 2 aromatic rings. The molecule has 15 heavy (non-hydrogen) atoms. The normalized spacial score (nSPS) is 10.8. The van der Waals surface area contributed by atoms with Gasteiger partial charge in [-0.05, 0) is 19.1 Å². The molecule has 4 heteroatoms. The largest absolute Gasteiger partial charge is 0.343 e. The van der Waals surface area contributed by atoms with Gasteiger partial charge >= 0.3 is 0 Å². The Morgan fingerprint density at radius 3 is 2.93 bits per heavy atom. The van der Waals surface area contributed by atoms with Gasteiger partial charge in [-0.3, -0.25) is 0 Å². The number of aryl methyl sites for hydroxylation is 1. The van der Waals surface area contributed by atoms with Gasteiger partial charge in [0, 0.05) is 37.4 Å². The van der Waals surface area contributed by atoms with Crippen LogP contribution in [0.15, 0.2) is 30.7 Å². The Kier molecular flexibility index (Phi) is 2.87. The molecular weight excluding hydrogens is 188 g/mol. The second-order valence-corrected chi connectivity index (χ2v) is 3.46. The lowest BCUT2D eigenvalue weighted by atomic mass is 10.4. The number of imidazole rings is 1. The molecule has 0 fully saturated rings. The Morgan fingerprint density at radius 2 is 2.20 bits per heavy atom. The van der Waals surface area contributed by atoms with Crippen LogP contribution in [-0.2, 0) is 19.6 Å². The van der Waals surface area contributed by atoms with Crippen molar-refractivity contribution >= 4 is 0 Å². The monoisotopic (exact) mass is 204 g/mol. The van der Waals surface area contributed by atoms with Crippen LogP contribution >= 0.6 is 0 Å². The fraction of sp³-hybridized carbons (Fsp3) is 0.364. The predicted molar refractivity (Wildman–Crippen MR) is 59.3 cm³/mol. The third-order valence-corrected chi connectivity index (χ3v) is 2.59. The minimum atomic E-state index is 0.569. The maximum absolute atomic E-state index is 5.65. The van der Waals surface area contributed by atoms with E-state index < -0.39 is 0 Å². The van der Waals surface area contributed by atoms with E-state index in [0.29, 0.717) is 6.54 Å². The van der Waals surface area contributed by atoms with Crippen molar-refractivity contribution in [2.45, 2.75) is 26.6 Å². The van der Waals surface area contributed by atoms with Gasteiger partial charge in [-0.2, -0.15) is 0 Å². The summed E-state index contributed by atoms with van der Waals surface area (Å²) in [5.41, 5.74) is 6.79. The maximum Gasteiger partial charge on any atom is 0.128 e. The van der Waals surface area contributed by atoms with Gasteiger partial charge in [-0.25, -0.2) is 4.98 Å². The number of nitrogens with two attached hydrogens (primary N) is 1. The van der Waals surface area contributed by atoms with Crippen LogP contribution in [0.3, 0.4) is 0 Å². The first-order valence-corrected chi connectivity index (χ1v) is 5.19. The van der Waals surface area contributed by atoms with Crippen molar-refractivity contribution in [3.63, 3.8) is 0 Å². The molecule has 80 valence electrons. The summed E-state index contributed by atoms with van der Waals surface area (Å²) in [6.45, 7) is 4.43. The van der Waals surface area contributed by atoms with Gasteiger partial charge in [-0.15, -0.1) is 0 Å². The molecule has 0 bridgehead atoms. The summed E-state index contributed by atoms with van der Waals surface area (Å²) in [6, 6.07) is 4.06. The molecule has 0 aliphatic heterocycles. The number of aromatic nitrogens is 3. The SMILES string of the molecule is CCn1ccnc1Cn1cccc1CN. The van der Waals surface area contributed by atoms with E-state index in [0.717, 1.165) is 24.6 Å². The van der Waals surface area contributed by atoms with Crippen LogP contribution in [0.4, 0.5) is 0 Å². The highest BCUT2D eigenvalue weighted by Crippen LogP contribution is 2.06. The Morgan fingerprint density at radius 1 is 1.33 bits per heavy atom. The van der Waals surface area contributed by atoms with Gasteiger partial charge in [0.2, 0.25) is 0 Å². The van der Waals surface area contributed by atoms with Crippen LogP contribution in [0.25, 0.3) is 0 Å². The second-order valence-electron chi connectivity index (χ2n) is 3.46. The smallest absolute Gasteiger partial charge is 0.128 e. The van der Waals surface area contributed by atoms with Crippen LogP contribution in [0, 0.1) is 0 Å². The lowest BCUT2D eigenvalue weighted by Crippen LogP contribution is -2.11. The van der Waals surface area contributed by atoms with Gasteiger partial charge in [-0.1, -0.05) is 0 Å². The number of hydrogen-bond donors (Lipinski definition) is 1. The summed E-state index contributed by atoms with van der Waals surface area (Å²) < 4.78 is 4.27. The van der Waals surface area contributed by atoms with Gasteiger partial charge < -0.3 is 14.9 Å². The number of rotatable bonds is 4. The fourth-order valence-corrected chi connectivity index (χ4v) is 1.72. The standard InChI is InChI=1S/C11H16N4/c1-2-14-7-5-13-11(14)9-15-6-3-4-10(15)8-12/h3-7H,2,8-9,12H2,1H3. The molecule has 0 unspecified atom stereocenters. The lowest BCUT2D eigenvalue weighted by molar-refractivity contribution is 0.637. The third kappa shape index (κ3) is 1.94. The Bertz CT molecular complexity index is 387. The van der Waals surface area contributed by atoms with Gasteiger partial charge in [0.25, 0.3) is 0 Å². The van der Waals surface area contributed by atoms with Crippen LogP contribution in [0.5, 0.6) is 0 Å². The highest BCUT2D eigenvalue weighted by atomic mass is 15.1. The summed E-state index contributed by atoms with van der Waals surface area (Å²) in [5, 5.41) is 0. The molecule has 0 amide bonds. The van der Waals surface area contributed by atoms with Crippen molar-refractivity contribution in [3.8, 4) is 0 Å². The first-order valence-electron chi connectivity index (χ1n) is 5.19. The van der Waals surface area contributed by atoms with Gasteiger partial charge in [0.05, 0.1) is 6.54 Å². The van der Waals surface area contributed by atoms with Crippen molar-refractivity contribution in [2.75, 3.05) is 0 Å². The molecule has 0 saturated carbocycles. The summed E-state index contributed by atoms with van der Waals surface area (Å²) in [7, 11) is 0. The molecular formula is C11H16N4. The van der Waals surface area contributed by atoms with E-state index >= 15 is 0 Å². The zero-order valence-electron chi connectivity index (χ0n) is 8.93. The van der Waals surface area contributed by atoms with E-state index in [2.05, 4.69) is 21.0 Å². The number of nitrogens with zero attached hydrogens (tertiary/aromatic N) is 3. The summed E-state index contributed by atoms with van der Waals surface area (Å²) in [4.78, 5) is 4.34. The summed E-state index contributed by atoms with van der Waals surface area (Å²) in [6.07, 6.45) is 5.88. The van der Waals surface area contributed by atoms with E-state index in [-0.39, 0.29) is 0 Å². The molecule has 0 radical (unpaired) electrons. The zero-order valence-corrected chi connectivity index (χ0v) is 8.93. The topological polar surface area (TPSA) is 48.8 Å². The van der Waals surface area contributed by atoms with E-state index in [1.54, 1.807) is 0 Å². The molecule has 2 N–H and O–H groups in total. The first-order chi connectivity index (χ1) is 7.35. The molecule has 2 rings (SSSR count). The minimum absolute atomic E-state index is 0.569. The van der Waals surface area contributed by atoms with E-state index in [1.807, 2.05) is 30.7 Å². The van der Waals surface area contributed by atoms with Crippen molar-refractivity contribution in [1.29, 1.82) is 0 Å². The molecule has 0 spiro atoms. The fourth-order valence-electron chi connectivity index (χ4n) is 1.72. The van der Waals surface area contributed by atoms with E-state index in [9.17, 15) is 0 Å². The molecule has 2 heterocycles. The Balaban J connectivity index is 2.21. The van der Waals surface area contributed by atoms with Crippen LogP contribution in [0.1, 0.15) is 18.4 Å². The third-order valence-electron chi connectivity index (χ3n) is 2.59. The molecule has 4 nitrogen and oxygen atoms in total. The van der Waals surface area contributed by atoms with Crippen LogP contribution in [-0.4, -0.2) is 14.1 Å². The van der Waals surface area contributed by atoms with Crippen molar-refractivity contribution in [2.24, 2.45) is 5.73 Å². The molecule has 0 saturated heterocycles. The Hall–Kier alpha value is -1.55. The number of hydrogen-bond acceptors (Lipinski definition) is 2. The quantitative estimate of drug-likeness (QED) is 0.813.